The Morgan fingerprint density at radius 1 is 1.04 bits per heavy atom. The third kappa shape index (κ3) is 4.27. The molecule has 1 aliphatic rings. The average molecular weight is 387 g/mol. The zero-order chi connectivity index (χ0) is 19.6. The topological polar surface area (TPSA) is 59.0 Å². The van der Waals surface area contributed by atoms with E-state index in [-0.39, 0.29) is 12.3 Å². The summed E-state index contributed by atoms with van der Waals surface area (Å²) >= 11 is 0. The lowest BCUT2D eigenvalue weighted by Gasteiger charge is -2.32. The first-order valence-electron chi connectivity index (χ1n) is 7.42. The number of alkyl halides is 6. The van der Waals surface area contributed by atoms with Gasteiger partial charge >= 0.3 is 18.3 Å². The standard InChI is InChI=1S/C15H15F6NO4/c16-14(17,18)13(24,15(19,20)21)10-1-3-11(4-2-10)26-12(23)9-22-5-7-25-8-6-22/h1-4,24H,5-9H2. The van der Waals surface area contributed by atoms with Crippen LogP contribution in [0.1, 0.15) is 5.56 Å². The van der Waals surface area contributed by atoms with Crippen LogP contribution in [-0.4, -0.2) is 61.2 Å². The molecule has 0 atom stereocenters. The van der Waals surface area contributed by atoms with Crippen molar-refractivity contribution in [3.05, 3.63) is 29.8 Å². The third-order valence-electron chi connectivity index (χ3n) is 3.78. The van der Waals surface area contributed by atoms with Crippen molar-refractivity contribution in [1.82, 2.24) is 4.90 Å². The molecule has 1 aromatic rings. The fourth-order valence-electron chi connectivity index (χ4n) is 2.36. The van der Waals surface area contributed by atoms with E-state index >= 15 is 0 Å². The lowest BCUT2D eigenvalue weighted by atomic mass is 9.92. The summed E-state index contributed by atoms with van der Waals surface area (Å²) in [5.74, 6) is -0.958. The van der Waals surface area contributed by atoms with Crippen molar-refractivity contribution >= 4 is 5.97 Å². The summed E-state index contributed by atoms with van der Waals surface area (Å²) in [5, 5.41) is 9.27. The van der Waals surface area contributed by atoms with Crippen molar-refractivity contribution in [2.24, 2.45) is 0 Å². The van der Waals surface area contributed by atoms with Crippen LogP contribution in [0.4, 0.5) is 26.3 Å². The lowest BCUT2D eigenvalue weighted by molar-refractivity contribution is -0.376. The summed E-state index contributed by atoms with van der Waals surface area (Å²) in [5.41, 5.74) is -6.44. The summed E-state index contributed by atoms with van der Waals surface area (Å²) in [4.78, 5) is 13.5. The maximum Gasteiger partial charge on any atom is 0.430 e. The van der Waals surface area contributed by atoms with Crippen LogP contribution in [0, 0.1) is 0 Å². The van der Waals surface area contributed by atoms with E-state index in [1.54, 1.807) is 4.90 Å². The van der Waals surface area contributed by atoms with Crippen LogP contribution < -0.4 is 4.74 Å². The maximum atomic E-state index is 12.8. The highest BCUT2D eigenvalue weighted by atomic mass is 19.4. The van der Waals surface area contributed by atoms with E-state index < -0.39 is 29.5 Å². The molecule has 0 unspecified atom stereocenters. The van der Waals surface area contributed by atoms with Crippen LogP contribution in [0.15, 0.2) is 24.3 Å². The highest BCUT2D eigenvalue weighted by Crippen LogP contribution is 2.50. The van der Waals surface area contributed by atoms with Crippen LogP contribution in [0.3, 0.4) is 0 Å². The van der Waals surface area contributed by atoms with Crippen molar-refractivity contribution in [1.29, 1.82) is 0 Å². The molecule has 5 nitrogen and oxygen atoms in total. The van der Waals surface area contributed by atoms with Gasteiger partial charge in [-0.3, -0.25) is 9.69 Å². The van der Waals surface area contributed by atoms with Crippen LogP contribution in [0.25, 0.3) is 0 Å². The molecule has 1 aromatic carbocycles. The number of carbonyl (C=O) groups excluding carboxylic acids is 1. The number of halogens is 6. The number of hydrogen-bond acceptors (Lipinski definition) is 5. The molecular weight excluding hydrogens is 372 g/mol. The van der Waals surface area contributed by atoms with Crippen LogP contribution in [-0.2, 0) is 15.1 Å². The number of carbonyl (C=O) groups is 1. The second-order valence-corrected chi connectivity index (χ2v) is 5.59. The molecular formula is C15H15F6NO4. The minimum atomic E-state index is -5.97. The van der Waals surface area contributed by atoms with Crippen LogP contribution in [0.5, 0.6) is 5.75 Å². The summed E-state index contributed by atoms with van der Waals surface area (Å²) < 4.78 is 86.7. The Labute approximate surface area is 144 Å². The first-order chi connectivity index (χ1) is 11.9. The quantitative estimate of drug-likeness (QED) is 0.488. The molecule has 0 amide bonds. The summed E-state index contributed by atoms with van der Waals surface area (Å²) in [7, 11) is 0. The maximum absolute atomic E-state index is 12.8. The molecule has 1 heterocycles. The van der Waals surface area contributed by atoms with Gasteiger partial charge in [-0.2, -0.15) is 26.3 Å². The Hall–Kier alpha value is -1.85. The molecule has 11 heteroatoms. The van der Waals surface area contributed by atoms with E-state index in [2.05, 4.69) is 0 Å². The number of morpholine rings is 1. The zero-order valence-electron chi connectivity index (χ0n) is 13.2. The predicted octanol–water partition coefficient (Wildman–Crippen LogP) is 2.24. The van der Waals surface area contributed by atoms with Gasteiger partial charge in [-0.1, -0.05) is 12.1 Å². The van der Waals surface area contributed by atoms with Gasteiger partial charge in [0.1, 0.15) is 5.75 Å². The third-order valence-corrected chi connectivity index (χ3v) is 3.78. The van der Waals surface area contributed by atoms with Crippen molar-refractivity contribution in [3.8, 4) is 5.75 Å². The largest absolute Gasteiger partial charge is 0.430 e. The van der Waals surface area contributed by atoms with E-state index in [9.17, 15) is 36.2 Å². The Kier molecular flexibility index (Phi) is 5.83. The van der Waals surface area contributed by atoms with E-state index in [1.165, 1.54) is 0 Å². The molecule has 1 saturated heterocycles. The minimum Gasteiger partial charge on any atom is -0.426 e. The van der Waals surface area contributed by atoms with Crippen molar-refractivity contribution in [2.75, 3.05) is 32.8 Å². The minimum absolute atomic E-state index is 0.0971. The molecule has 0 spiro atoms. The Bertz CT molecular complexity index is 609. The number of benzene rings is 1. The molecule has 0 radical (unpaired) electrons. The first-order valence-corrected chi connectivity index (χ1v) is 7.42. The second-order valence-electron chi connectivity index (χ2n) is 5.59. The van der Waals surface area contributed by atoms with E-state index in [0.29, 0.717) is 38.4 Å². The van der Waals surface area contributed by atoms with Gasteiger partial charge in [-0.05, 0) is 12.1 Å². The molecule has 146 valence electrons. The summed E-state index contributed by atoms with van der Waals surface area (Å²) in [6.07, 6.45) is -11.9. The summed E-state index contributed by atoms with van der Waals surface area (Å²) in [6.45, 7) is 1.78. The van der Waals surface area contributed by atoms with Crippen molar-refractivity contribution in [2.45, 2.75) is 18.0 Å². The molecule has 0 aliphatic carbocycles. The van der Waals surface area contributed by atoms with Gasteiger partial charge in [0, 0.05) is 18.7 Å². The van der Waals surface area contributed by atoms with Gasteiger partial charge in [0.25, 0.3) is 5.60 Å². The summed E-state index contributed by atoms with van der Waals surface area (Å²) in [6, 6.07) is 2.35. The number of ether oxygens (including phenoxy) is 2. The van der Waals surface area contributed by atoms with Gasteiger partial charge in [0.05, 0.1) is 19.8 Å². The van der Waals surface area contributed by atoms with Crippen molar-refractivity contribution < 1.29 is 45.7 Å². The molecule has 1 N–H and O–H groups in total. The molecule has 0 aromatic heterocycles. The molecule has 0 saturated carbocycles. The van der Waals surface area contributed by atoms with Gasteiger partial charge in [-0.15, -0.1) is 0 Å². The zero-order valence-corrected chi connectivity index (χ0v) is 13.2. The lowest BCUT2D eigenvalue weighted by Crippen LogP contribution is -2.53. The SMILES string of the molecule is O=C(CN1CCOCC1)Oc1ccc(C(O)(C(F)(F)F)C(F)(F)F)cc1. The molecule has 1 aliphatic heterocycles. The Morgan fingerprint density at radius 2 is 1.54 bits per heavy atom. The monoisotopic (exact) mass is 387 g/mol. The number of aliphatic hydroxyl groups is 1. The average Bonchev–Trinajstić information content (AvgIpc) is 2.53. The molecule has 0 bridgehead atoms. The fourth-order valence-corrected chi connectivity index (χ4v) is 2.36. The van der Waals surface area contributed by atoms with Gasteiger partial charge in [0.2, 0.25) is 0 Å². The van der Waals surface area contributed by atoms with Gasteiger partial charge in [-0.25, -0.2) is 0 Å². The van der Waals surface area contributed by atoms with Gasteiger partial charge < -0.3 is 14.6 Å². The Morgan fingerprint density at radius 3 is 2.00 bits per heavy atom. The smallest absolute Gasteiger partial charge is 0.426 e. The highest BCUT2D eigenvalue weighted by Gasteiger charge is 2.71. The van der Waals surface area contributed by atoms with Crippen LogP contribution in [0.2, 0.25) is 0 Å². The van der Waals surface area contributed by atoms with E-state index in [0.717, 1.165) is 12.1 Å². The Balaban J connectivity index is 2.10. The first kappa shape index (κ1) is 20.5. The normalized spacial score (nSPS) is 17.2. The molecule has 1 fully saturated rings. The van der Waals surface area contributed by atoms with Gasteiger partial charge in [0.15, 0.2) is 0 Å². The molecule has 26 heavy (non-hydrogen) atoms. The van der Waals surface area contributed by atoms with E-state index in [1.807, 2.05) is 0 Å². The molecule has 2 rings (SSSR count). The number of hydrogen-bond donors (Lipinski definition) is 1. The number of rotatable bonds is 4. The van der Waals surface area contributed by atoms with Crippen molar-refractivity contribution in [3.63, 3.8) is 0 Å². The van der Waals surface area contributed by atoms with Crippen LogP contribution >= 0.6 is 0 Å². The number of esters is 1. The highest BCUT2D eigenvalue weighted by molar-refractivity contribution is 5.74. The number of nitrogens with zero attached hydrogens (tertiary/aromatic N) is 1. The fraction of sp³-hybridized carbons (Fsp3) is 0.533. The second kappa shape index (κ2) is 7.41. The predicted molar refractivity (Wildman–Crippen MR) is 75.3 cm³/mol. The van der Waals surface area contributed by atoms with E-state index in [4.69, 9.17) is 9.47 Å².